The van der Waals surface area contributed by atoms with Crippen LogP contribution in [0, 0.1) is 6.92 Å². The maximum absolute atomic E-state index is 11.5. The number of aryl methyl sites for hydroxylation is 1. The first-order valence-electron chi connectivity index (χ1n) is 7.67. The van der Waals surface area contributed by atoms with Gasteiger partial charge in [0.1, 0.15) is 0 Å². The summed E-state index contributed by atoms with van der Waals surface area (Å²) in [5, 5.41) is 8.05. The predicted molar refractivity (Wildman–Crippen MR) is 80.8 cm³/mol. The topological polar surface area (TPSA) is 62.5 Å². The Kier molecular flexibility index (Phi) is 3.10. The molecule has 22 heavy (non-hydrogen) atoms. The molecular weight excluding hydrogens is 280 g/mol. The Balaban J connectivity index is 1.72. The van der Waals surface area contributed by atoms with Crippen LogP contribution >= 0.6 is 0 Å². The van der Waals surface area contributed by atoms with Gasteiger partial charge in [-0.2, -0.15) is 0 Å². The number of fused-ring (bicyclic) bond motifs is 1. The first kappa shape index (κ1) is 13.3. The third kappa shape index (κ3) is 2.15. The van der Waals surface area contributed by atoms with Crippen molar-refractivity contribution in [1.29, 1.82) is 0 Å². The minimum Gasteiger partial charge on any atom is -0.408 e. The molecule has 1 atom stereocenters. The van der Waals surface area contributed by atoms with Gasteiger partial charge < -0.3 is 9.32 Å². The van der Waals surface area contributed by atoms with Gasteiger partial charge in [0.15, 0.2) is 0 Å². The number of anilines is 2. The van der Waals surface area contributed by atoms with E-state index < -0.39 is 0 Å². The zero-order valence-corrected chi connectivity index (χ0v) is 12.5. The standard InChI is InChI=1S/C16H18N4O2/c1-11-17-18-16(22-11)19-9-8-15(20(10-21)12-6-7-12)13-4-2-3-5-14(13)19/h2-5,10,12,15H,6-9H2,1H3. The lowest BCUT2D eigenvalue weighted by Crippen LogP contribution is -2.37. The lowest BCUT2D eigenvalue weighted by Gasteiger charge is -2.37. The van der Waals surface area contributed by atoms with Gasteiger partial charge in [-0.25, -0.2) is 0 Å². The first-order valence-corrected chi connectivity index (χ1v) is 7.67. The van der Waals surface area contributed by atoms with Crippen molar-refractivity contribution in [3.05, 3.63) is 35.7 Å². The average Bonchev–Trinajstić information content (AvgIpc) is 3.29. The third-order valence-electron chi connectivity index (χ3n) is 4.41. The van der Waals surface area contributed by atoms with E-state index in [1.165, 1.54) is 0 Å². The molecule has 0 radical (unpaired) electrons. The van der Waals surface area contributed by atoms with Gasteiger partial charge in [0.25, 0.3) is 0 Å². The molecule has 4 rings (SSSR count). The monoisotopic (exact) mass is 298 g/mol. The van der Waals surface area contributed by atoms with E-state index in [0.29, 0.717) is 17.9 Å². The van der Waals surface area contributed by atoms with Crippen LogP contribution in [0.5, 0.6) is 0 Å². The number of benzene rings is 1. The van der Waals surface area contributed by atoms with E-state index in [1.54, 1.807) is 6.92 Å². The van der Waals surface area contributed by atoms with Gasteiger partial charge in [-0.05, 0) is 30.9 Å². The lowest BCUT2D eigenvalue weighted by molar-refractivity contribution is -0.121. The van der Waals surface area contributed by atoms with E-state index in [0.717, 1.165) is 43.5 Å². The number of carbonyl (C=O) groups is 1. The molecule has 1 aromatic heterocycles. The molecule has 114 valence electrons. The number of hydrogen-bond acceptors (Lipinski definition) is 5. The molecule has 2 aliphatic rings. The Hall–Kier alpha value is -2.37. The highest BCUT2D eigenvalue weighted by atomic mass is 16.4. The Morgan fingerprint density at radius 1 is 1.27 bits per heavy atom. The Morgan fingerprint density at radius 3 is 2.77 bits per heavy atom. The highest BCUT2D eigenvalue weighted by molar-refractivity contribution is 5.65. The van der Waals surface area contributed by atoms with Crippen molar-refractivity contribution >= 4 is 18.1 Å². The molecule has 2 aromatic rings. The van der Waals surface area contributed by atoms with Crippen LogP contribution in [0.4, 0.5) is 11.7 Å². The van der Waals surface area contributed by atoms with Gasteiger partial charge in [-0.15, -0.1) is 5.10 Å². The number of para-hydroxylation sites is 1. The van der Waals surface area contributed by atoms with Crippen molar-refractivity contribution in [2.75, 3.05) is 11.4 Å². The summed E-state index contributed by atoms with van der Waals surface area (Å²) in [7, 11) is 0. The molecule has 1 aromatic carbocycles. The molecule has 0 saturated heterocycles. The minimum absolute atomic E-state index is 0.140. The summed E-state index contributed by atoms with van der Waals surface area (Å²) in [6, 6.07) is 9.23. The predicted octanol–water partition coefficient (Wildman–Crippen LogP) is 2.58. The maximum atomic E-state index is 11.5. The van der Waals surface area contributed by atoms with Crippen molar-refractivity contribution in [3.63, 3.8) is 0 Å². The second-order valence-corrected chi connectivity index (χ2v) is 5.90. The van der Waals surface area contributed by atoms with Gasteiger partial charge in [0, 0.05) is 19.5 Å². The van der Waals surface area contributed by atoms with Gasteiger partial charge in [0.2, 0.25) is 12.3 Å². The molecule has 0 N–H and O–H groups in total. The molecule has 1 saturated carbocycles. The fourth-order valence-corrected chi connectivity index (χ4v) is 3.23. The minimum atomic E-state index is 0.140. The molecule has 1 aliphatic carbocycles. The van der Waals surface area contributed by atoms with Crippen molar-refractivity contribution in [2.45, 2.75) is 38.3 Å². The van der Waals surface area contributed by atoms with E-state index in [9.17, 15) is 4.79 Å². The number of amides is 1. The van der Waals surface area contributed by atoms with E-state index >= 15 is 0 Å². The van der Waals surface area contributed by atoms with Crippen LogP contribution in [0.15, 0.2) is 28.7 Å². The molecule has 1 aliphatic heterocycles. The van der Waals surface area contributed by atoms with Gasteiger partial charge in [-0.3, -0.25) is 9.69 Å². The summed E-state index contributed by atoms with van der Waals surface area (Å²) < 4.78 is 5.58. The fourth-order valence-electron chi connectivity index (χ4n) is 3.23. The molecule has 2 heterocycles. The van der Waals surface area contributed by atoms with Crippen LogP contribution in [0.3, 0.4) is 0 Å². The van der Waals surface area contributed by atoms with E-state index in [1.807, 2.05) is 21.9 Å². The van der Waals surface area contributed by atoms with Crippen molar-refractivity contribution < 1.29 is 9.21 Å². The molecule has 0 bridgehead atoms. The molecule has 6 heteroatoms. The maximum Gasteiger partial charge on any atom is 0.322 e. The Morgan fingerprint density at radius 2 is 2.09 bits per heavy atom. The quantitative estimate of drug-likeness (QED) is 0.812. The Labute approximate surface area is 128 Å². The van der Waals surface area contributed by atoms with Crippen LogP contribution in [-0.2, 0) is 4.79 Å². The summed E-state index contributed by atoms with van der Waals surface area (Å²) in [5.41, 5.74) is 2.21. The molecule has 1 unspecified atom stereocenters. The summed E-state index contributed by atoms with van der Waals surface area (Å²) in [6.45, 7) is 2.55. The van der Waals surface area contributed by atoms with Crippen LogP contribution in [0.25, 0.3) is 0 Å². The van der Waals surface area contributed by atoms with E-state index in [4.69, 9.17) is 4.42 Å². The lowest BCUT2D eigenvalue weighted by atomic mass is 9.95. The van der Waals surface area contributed by atoms with Crippen LogP contribution in [0.1, 0.15) is 36.8 Å². The summed E-state index contributed by atoms with van der Waals surface area (Å²) in [4.78, 5) is 15.5. The Bertz CT molecular complexity index is 695. The fraction of sp³-hybridized carbons (Fsp3) is 0.438. The summed E-state index contributed by atoms with van der Waals surface area (Å²) in [6.07, 6.45) is 4.10. The number of hydrogen-bond donors (Lipinski definition) is 0. The normalized spacial score (nSPS) is 20.6. The molecule has 1 amide bonds. The molecule has 1 fully saturated rings. The summed E-state index contributed by atoms with van der Waals surface area (Å²) in [5.74, 6) is 0.558. The van der Waals surface area contributed by atoms with Gasteiger partial charge in [-0.1, -0.05) is 23.3 Å². The number of rotatable bonds is 4. The first-order chi connectivity index (χ1) is 10.8. The molecule has 0 spiro atoms. The van der Waals surface area contributed by atoms with E-state index in [-0.39, 0.29) is 6.04 Å². The second-order valence-electron chi connectivity index (χ2n) is 5.90. The van der Waals surface area contributed by atoms with Crippen molar-refractivity contribution in [2.24, 2.45) is 0 Å². The van der Waals surface area contributed by atoms with Gasteiger partial charge in [0.05, 0.1) is 11.7 Å². The van der Waals surface area contributed by atoms with Gasteiger partial charge >= 0.3 is 6.01 Å². The molecular formula is C16H18N4O2. The van der Waals surface area contributed by atoms with Crippen LogP contribution in [0.2, 0.25) is 0 Å². The zero-order chi connectivity index (χ0) is 15.1. The van der Waals surface area contributed by atoms with Crippen LogP contribution < -0.4 is 4.90 Å². The van der Waals surface area contributed by atoms with E-state index in [2.05, 4.69) is 22.3 Å². The number of nitrogens with zero attached hydrogens (tertiary/aromatic N) is 4. The third-order valence-corrected chi connectivity index (χ3v) is 4.41. The molecule has 6 nitrogen and oxygen atoms in total. The van der Waals surface area contributed by atoms with Crippen molar-refractivity contribution in [1.82, 2.24) is 15.1 Å². The number of carbonyl (C=O) groups excluding carboxylic acids is 1. The highest BCUT2D eigenvalue weighted by Crippen LogP contribution is 2.43. The second kappa shape index (κ2) is 5.12. The SMILES string of the molecule is Cc1nnc(N2CCC(N(C=O)C3CC3)c3ccccc32)o1. The van der Waals surface area contributed by atoms with Crippen molar-refractivity contribution in [3.8, 4) is 0 Å². The van der Waals surface area contributed by atoms with Crippen LogP contribution in [-0.4, -0.2) is 34.1 Å². The zero-order valence-electron chi connectivity index (χ0n) is 12.5. The number of aromatic nitrogens is 2. The largest absolute Gasteiger partial charge is 0.408 e. The smallest absolute Gasteiger partial charge is 0.322 e. The highest BCUT2D eigenvalue weighted by Gasteiger charge is 2.37. The summed E-state index contributed by atoms with van der Waals surface area (Å²) >= 11 is 0. The average molecular weight is 298 g/mol.